The Labute approximate surface area is 535 Å². The van der Waals surface area contributed by atoms with Crippen LogP contribution in [-0.2, 0) is 59.8 Å². The standard InChI is InChI=1S/C35H39O6S.C18H14OS.C17H25ClO5.2ClH/c1-33(2,3)40-32(37)41-35-21-25-18-26(22-35)20-34(19-25,24-35)39-31(36)23-38-27-14-16-30(17-15-27)42(28-10-6-4-7-11-28)29-12-8-5-9-13-29;19-15-11-13-18(14-12-15)20(16-7-3-1-4-8-16)17-9-5-2-6-10-17;1-15(2,3)22-14(20)23-17-7-11-4-12(8-17)6-16(5-11,10-17)21-13(19)9-18;;/h4-17,25-26H,18-24H2,1-3H3;1-14H;11-12H,4-10H2,1-3H3;2*1H/q+1;;;;/p-1. The van der Waals surface area contributed by atoms with E-state index in [4.69, 9.17) is 44.8 Å². The number of benzene rings is 6. The Morgan fingerprint density at radius 2 is 0.724 bits per heavy atom. The van der Waals surface area contributed by atoms with E-state index in [0.29, 0.717) is 48.0 Å². The molecule has 8 aliphatic rings. The van der Waals surface area contributed by atoms with Crippen LogP contribution in [0.4, 0.5) is 9.59 Å². The van der Waals surface area contributed by atoms with Crippen LogP contribution in [0.2, 0.25) is 0 Å². The van der Waals surface area contributed by atoms with Crippen LogP contribution >= 0.6 is 11.6 Å². The highest BCUT2D eigenvalue weighted by Gasteiger charge is 2.63. The lowest BCUT2D eigenvalue weighted by atomic mass is 9.52. The molecule has 12 nitrogen and oxygen atoms in total. The fourth-order valence-electron chi connectivity index (χ4n) is 14.5. The topological polar surface area (TPSA) is 153 Å². The van der Waals surface area contributed by atoms with E-state index in [0.717, 1.165) is 64.2 Å². The van der Waals surface area contributed by atoms with E-state index in [2.05, 4.69) is 109 Å². The largest absolute Gasteiger partial charge is 1.00 e. The van der Waals surface area contributed by atoms with Crippen LogP contribution in [0.3, 0.4) is 0 Å². The van der Waals surface area contributed by atoms with Crippen molar-refractivity contribution in [3.05, 3.63) is 170 Å². The molecule has 14 rings (SSSR count). The average Bonchev–Trinajstić information content (AvgIpc) is 1.46. The van der Waals surface area contributed by atoms with Crippen LogP contribution < -0.4 is 29.6 Å². The van der Waals surface area contributed by atoms with E-state index in [1.807, 2.05) is 90.1 Å². The molecule has 0 heterocycles. The summed E-state index contributed by atoms with van der Waals surface area (Å²) in [6.07, 6.45) is 8.64. The first-order valence-corrected chi connectivity index (χ1v) is 32.6. The second-order valence-electron chi connectivity index (χ2n) is 26.0. The SMILES string of the molecule is CC(C)(C)OC(=O)OC12CC3CC(CC(OC(=O)CCl)(C3)C1)C2.CC(C)(C)OC(=O)OC12CC3CC(CC(OC(=O)COc4ccc([S+](c5ccccc5)c5ccccc5)cc4)(C3)C1)C2.Oc1ccc([S+](c2ccccc2)c2ccccc2)cc1.[Cl-].[Cl-]. The van der Waals surface area contributed by atoms with Crippen molar-refractivity contribution in [3.63, 3.8) is 0 Å². The van der Waals surface area contributed by atoms with E-state index >= 15 is 0 Å². The Balaban J connectivity index is 0.000000184. The summed E-state index contributed by atoms with van der Waals surface area (Å²) in [6, 6.07) is 57.4. The number of rotatable bonds is 14. The smallest absolute Gasteiger partial charge is 0.509 e. The van der Waals surface area contributed by atoms with Crippen LogP contribution in [0.15, 0.2) is 199 Å². The lowest BCUT2D eigenvalue weighted by Gasteiger charge is -2.59. The van der Waals surface area contributed by atoms with Gasteiger partial charge in [0.1, 0.15) is 51.0 Å². The number of hydrogen-bond donors (Lipinski definition) is 1. The average molecular weight is 1280 g/mol. The lowest BCUT2D eigenvalue weighted by molar-refractivity contribution is -0.226. The molecule has 8 bridgehead atoms. The van der Waals surface area contributed by atoms with E-state index in [1.165, 1.54) is 29.4 Å². The van der Waals surface area contributed by atoms with Gasteiger partial charge in [0, 0.05) is 12.8 Å². The van der Waals surface area contributed by atoms with Crippen molar-refractivity contribution >= 4 is 57.6 Å². The van der Waals surface area contributed by atoms with Crippen molar-refractivity contribution in [2.24, 2.45) is 23.7 Å². The highest BCUT2D eigenvalue weighted by molar-refractivity contribution is 7.97. The second-order valence-corrected chi connectivity index (χ2v) is 30.3. The second kappa shape index (κ2) is 28.2. The summed E-state index contributed by atoms with van der Waals surface area (Å²) in [5, 5.41) is 9.48. The minimum atomic E-state index is -0.639. The van der Waals surface area contributed by atoms with Gasteiger partial charge in [-0.1, -0.05) is 72.8 Å². The van der Waals surface area contributed by atoms with Crippen LogP contribution in [0.5, 0.6) is 11.5 Å². The Bertz CT molecular complexity index is 3130. The third-order valence-electron chi connectivity index (χ3n) is 16.5. The summed E-state index contributed by atoms with van der Waals surface area (Å²) in [4.78, 5) is 57.0. The molecule has 6 aromatic rings. The molecule has 4 unspecified atom stereocenters. The molecule has 0 amide bonds. The fourth-order valence-corrected chi connectivity index (χ4v) is 18.8. The van der Waals surface area contributed by atoms with Crippen LogP contribution in [0, 0.1) is 23.7 Å². The van der Waals surface area contributed by atoms with Crippen LogP contribution in [0.25, 0.3) is 0 Å². The highest BCUT2D eigenvalue weighted by Crippen LogP contribution is 2.62. The molecule has 0 aliphatic heterocycles. The van der Waals surface area contributed by atoms with Crippen molar-refractivity contribution in [1.82, 2.24) is 0 Å². The molecule has 0 saturated heterocycles. The van der Waals surface area contributed by atoms with E-state index in [-0.39, 0.29) is 71.0 Å². The maximum atomic E-state index is 13.1. The molecule has 0 spiro atoms. The Morgan fingerprint density at radius 1 is 0.437 bits per heavy atom. The first-order chi connectivity index (χ1) is 40.6. The third kappa shape index (κ3) is 17.4. The molecule has 4 atom stereocenters. The van der Waals surface area contributed by atoms with Crippen molar-refractivity contribution in [2.75, 3.05) is 12.5 Å². The van der Waals surface area contributed by atoms with Gasteiger partial charge in [-0.15, -0.1) is 11.6 Å². The van der Waals surface area contributed by atoms with E-state index in [1.54, 1.807) is 12.1 Å². The molecule has 87 heavy (non-hydrogen) atoms. The first-order valence-electron chi connectivity index (χ1n) is 29.6. The highest BCUT2D eigenvalue weighted by atomic mass is 35.5. The number of phenolic OH excluding ortho intramolecular Hbond substituents is 1. The predicted molar refractivity (Wildman–Crippen MR) is 328 cm³/mol. The molecule has 6 aromatic carbocycles. The minimum Gasteiger partial charge on any atom is -1.00 e. The zero-order chi connectivity index (χ0) is 60.0. The molecule has 0 aromatic heterocycles. The number of carbonyl (C=O) groups is 4. The zero-order valence-electron chi connectivity index (χ0n) is 50.3. The van der Waals surface area contributed by atoms with Gasteiger partial charge in [-0.2, -0.15) is 0 Å². The molecule has 8 aliphatic carbocycles. The maximum absolute atomic E-state index is 13.1. The normalized spacial score (nSPS) is 25.2. The summed E-state index contributed by atoms with van der Waals surface area (Å²) >= 11 is 5.60. The number of carbonyl (C=O) groups excluding carboxylic acids is 4. The Morgan fingerprint density at radius 3 is 1.03 bits per heavy atom. The van der Waals surface area contributed by atoms with Gasteiger partial charge < -0.3 is 63.1 Å². The first kappa shape index (κ1) is 66.9. The molecule has 17 heteroatoms. The summed E-state index contributed by atoms with van der Waals surface area (Å²) < 4.78 is 40.3. The van der Waals surface area contributed by atoms with E-state index < -0.39 is 45.9 Å². The summed E-state index contributed by atoms with van der Waals surface area (Å²) in [5.74, 6) is 1.62. The molecule has 8 saturated carbocycles. The van der Waals surface area contributed by atoms with Gasteiger partial charge in [0.15, 0.2) is 36.0 Å². The molecular weight excluding hydrogens is 1200 g/mol. The van der Waals surface area contributed by atoms with Gasteiger partial charge in [-0.05, 0) is 226 Å². The van der Waals surface area contributed by atoms with Crippen LogP contribution in [0.1, 0.15) is 119 Å². The summed E-state index contributed by atoms with van der Waals surface area (Å²) in [6.45, 7) is 10.8. The molecule has 0 radical (unpaired) electrons. The monoisotopic (exact) mass is 1280 g/mol. The van der Waals surface area contributed by atoms with Crippen molar-refractivity contribution in [1.29, 1.82) is 0 Å². The van der Waals surface area contributed by atoms with Gasteiger partial charge in [-0.3, -0.25) is 4.79 Å². The predicted octanol–water partition coefficient (Wildman–Crippen LogP) is 10.1. The Kier molecular flexibility index (Phi) is 21.7. The van der Waals surface area contributed by atoms with Crippen molar-refractivity contribution in [3.8, 4) is 11.5 Å². The van der Waals surface area contributed by atoms with Crippen molar-refractivity contribution < 1.29 is 82.3 Å². The van der Waals surface area contributed by atoms with Gasteiger partial charge in [0.05, 0.1) is 21.8 Å². The number of esters is 2. The maximum Gasteiger partial charge on any atom is 0.509 e. The molecule has 1 N–H and O–H groups in total. The number of aromatic hydroxyl groups is 1. The van der Waals surface area contributed by atoms with Gasteiger partial charge >= 0.3 is 24.2 Å². The van der Waals surface area contributed by atoms with Gasteiger partial charge in [-0.25, -0.2) is 14.4 Å². The molecular formula is C70H79Cl3O12S2. The van der Waals surface area contributed by atoms with Gasteiger partial charge in [0.2, 0.25) is 0 Å². The zero-order valence-corrected chi connectivity index (χ0v) is 54.2. The van der Waals surface area contributed by atoms with E-state index in [9.17, 15) is 24.3 Å². The number of hydrogen-bond acceptors (Lipinski definition) is 12. The van der Waals surface area contributed by atoms with Gasteiger partial charge in [0.25, 0.3) is 0 Å². The number of ether oxygens (including phenoxy) is 7. The number of alkyl halides is 1. The Hall–Kier alpha value is -6.03. The molecule has 464 valence electrons. The third-order valence-corrected chi connectivity index (χ3v) is 21.1. The fraction of sp³-hybridized carbons (Fsp3) is 0.429. The molecule has 8 fully saturated rings. The lowest BCUT2D eigenvalue weighted by Crippen LogP contribution is -3.00. The minimum absolute atomic E-state index is 0. The van der Waals surface area contributed by atoms with Crippen LogP contribution in [-0.4, -0.2) is 75.4 Å². The summed E-state index contributed by atoms with van der Waals surface area (Å²) in [7, 11) is -0.384. The number of halogens is 3. The summed E-state index contributed by atoms with van der Waals surface area (Å²) in [5.41, 5.74) is -3.52. The van der Waals surface area contributed by atoms with Crippen molar-refractivity contribution in [2.45, 2.75) is 182 Å². The quantitative estimate of drug-likeness (QED) is 0.0478. The number of phenols is 1.